The minimum atomic E-state index is 0.405. The van der Waals surface area contributed by atoms with Gasteiger partial charge in [-0.3, -0.25) is 0 Å². The second-order valence-corrected chi connectivity index (χ2v) is 5.27. The fourth-order valence-electron chi connectivity index (χ4n) is 2.08. The summed E-state index contributed by atoms with van der Waals surface area (Å²) in [6, 6.07) is 0. The summed E-state index contributed by atoms with van der Waals surface area (Å²) in [6.07, 6.45) is 2.32. The normalized spacial score (nSPS) is 23.1. The SMILES string of the molecule is CCCn1c(CCl)nnc1C1CC1(C)C. The second-order valence-electron chi connectivity index (χ2n) is 5.00. The molecule has 0 saturated heterocycles. The van der Waals surface area contributed by atoms with Gasteiger partial charge in [0.1, 0.15) is 11.6 Å². The summed E-state index contributed by atoms with van der Waals surface area (Å²) in [7, 11) is 0. The van der Waals surface area contributed by atoms with Crippen LogP contribution in [0.3, 0.4) is 0 Å². The van der Waals surface area contributed by atoms with E-state index in [1.807, 2.05) is 0 Å². The Kier molecular flexibility index (Phi) is 2.75. The number of rotatable bonds is 4. The molecule has 1 saturated carbocycles. The average Bonchev–Trinajstić information content (AvgIpc) is 2.65. The van der Waals surface area contributed by atoms with Crippen molar-refractivity contribution in [3.05, 3.63) is 11.6 Å². The van der Waals surface area contributed by atoms with E-state index in [0.29, 0.717) is 17.2 Å². The topological polar surface area (TPSA) is 30.7 Å². The van der Waals surface area contributed by atoms with Crippen molar-refractivity contribution in [2.24, 2.45) is 5.41 Å². The molecule has 4 heteroatoms. The minimum Gasteiger partial charge on any atom is -0.314 e. The van der Waals surface area contributed by atoms with Crippen LogP contribution in [-0.4, -0.2) is 14.8 Å². The zero-order valence-corrected chi connectivity index (χ0v) is 10.4. The third-order valence-corrected chi connectivity index (χ3v) is 3.49. The van der Waals surface area contributed by atoms with Crippen molar-refractivity contribution in [3.8, 4) is 0 Å². The highest BCUT2D eigenvalue weighted by Crippen LogP contribution is 2.58. The molecule has 3 nitrogen and oxygen atoms in total. The molecule has 0 amide bonds. The number of alkyl halides is 1. The summed E-state index contributed by atoms with van der Waals surface area (Å²) in [4.78, 5) is 0. The molecule has 1 aromatic rings. The molecule has 1 heterocycles. The summed E-state index contributed by atoms with van der Waals surface area (Å²) in [5.74, 6) is 3.09. The van der Waals surface area contributed by atoms with E-state index in [2.05, 4.69) is 35.5 Å². The van der Waals surface area contributed by atoms with Crippen molar-refractivity contribution < 1.29 is 0 Å². The Hall–Kier alpha value is -0.570. The molecule has 1 unspecified atom stereocenters. The molecule has 0 aromatic carbocycles. The third kappa shape index (κ3) is 1.89. The van der Waals surface area contributed by atoms with Crippen LogP contribution in [0.25, 0.3) is 0 Å². The lowest BCUT2D eigenvalue weighted by Gasteiger charge is -2.08. The first-order valence-electron chi connectivity index (χ1n) is 5.58. The van der Waals surface area contributed by atoms with Crippen molar-refractivity contribution in [1.82, 2.24) is 14.8 Å². The molecule has 0 bridgehead atoms. The highest BCUT2D eigenvalue weighted by atomic mass is 35.5. The molecule has 2 rings (SSSR count). The van der Waals surface area contributed by atoms with Crippen LogP contribution >= 0.6 is 11.6 Å². The first-order valence-corrected chi connectivity index (χ1v) is 6.11. The summed E-state index contributed by atoms with van der Waals surface area (Å²) < 4.78 is 2.20. The monoisotopic (exact) mass is 227 g/mol. The van der Waals surface area contributed by atoms with Crippen molar-refractivity contribution >= 4 is 11.6 Å². The van der Waals surface area contributed by atoms with Crippen LogP contribution in [0.5, 0.6) is 0 Å². The molecule has 0 aliphatic heterocycles. The first kappa shape index (κ1) is 10.9. The first-order chi connectivity index (χ1) is 7.10. The molecule has 1 aliphatic carbocycles. The van der Waals surface area contributed by atoms with Crippen LogP contribution in [0.1, 0.15) is 51.2 Å². The maximum atomic E-state index is 5.85. The van der Waals surface area contributed by atoms with Crippen LogP contribution in [-0.2, 0) is 12.4 Å². The molecule has 1 fully saturated rings. The molecule has 1 atom stereocenters. The van der Waals surface area contributed by atoms with Crippen LogP contribution < -0.4 is 0 Å². The molecular formula is C11H18ClN3. The van der Waals surface area contributed by atoms with Crippen LogP contribution in [0, 0.1) is 5.41 Å². The largest absolute Gasteiger partial charge is 0.314 e. The van der Waals surface area contributed by atoms with E-state index >= 15 is 0 Å². The lowest BCUT2D eigenvalue weighted by atomic mass is 10.1. The number of hydrogen-bond donors (Lipinski definition) is 0. The average molecular weight is 228 g/mol. The van der Waals surface area contributed by atoms with E-state index in [-0.39, 0.29) is 0 Å². The molecule has 1 aromatic heterocycles. The molecule has 15 heavy (non-hydrogen) atoms. The fourth-order valence-corrected chi connectivity index (χ4v) is 2.28. The summed E-state index contributed by atoms with van der Waals surface area (Å²) >= 11 is 5.85. The number of hydrogen-bond acceptors (Lipinski definition) is 2. The lowest BCUT2D eigenvalue weighted by molar-refractivity contribution is 0.566. The maximum absolute atomic E-state index is 5.85. The number of halogens is 1. The van der Waals surface area contributed by atoms with E-state index in [4.69, 9.17) is 11.6 Å². The van der Waals surface area contributed by atoms with Crippen molar-refractivity contribution in [2.45, 2.75) is 52.0 Å². The van der Waals surface area contributed by atoms with Crippen LogP contribution in [0.4, 0.5) is 0 Å². The van der Waals surface area contributed by atoms with Crippen molar-refractivity contribution in [3.63, 3.8) is 0 Å². The standard InChI is InChI=1S/C11H18ClN3/c1-4-5-15-9(7-12)13-14-10(15)8-6-11(8,2)3/h8H,4-7H2,1-3H3. The fraction of sp³-hybridized carbons (Fsp3) is 0.818. The number of nitrogens with zero attached hydrogens (tertiary/aromatic N) is 3. The van der Waals surface area contributed by atoms with Gasteiger partial charge in [-0.1, -0.05) is 20.8 Å². The van der Waals surface area contributed by atoms with Crippen molar-refractivity contribution in [2.75, 3.05) is 0 Å². The number of aromatic nitrogens is 3. The zero-order valence-electron chi connectivity index (χ0n) is 9.63. The predicted molar refractivity (Wildman–Crippen MR) is 61.0 cm³/mol. The van der Waals surface area contributed by atoms with Gasteiger partial charge in [0.15, 0.2) is 0 Å². The van der Waals surface area contributed by atoms with Gasteiger partial charge < -0.3 is 4.57 Å². The third-order valence-electron chi connectivity index (χ3n) is 3.25. The molecule has 0 spiro atoms. The zero-order chi connectivity index (χ0) is 11.1. The summed E-state index contributed by atoms with van der Waals surface area (Å²) in [5.41, 5.74) is 0.405. The minimum absolute atomic E-state index is 0.405. The molecule has 84 valence electrons. The Morgan fingerprint density at radius 3 is 2.60 bits per heavy atom. The van der Waals surface area contributed by atoms with E-state index in [1.54, 1.807) is 0 Å². The lowest BCUT2D eigenvalue weighted by Crippen LogP contribution is -2.07. The Morgan fingerprint density at radius 2 is 2.13 bits per heavy atom. The Labute approximate surface area is 95.8 Å². The van der Waals surface area contributed by atoms with Gasteiger partial charge in [-0.2, -0.15) is 0 Å². The Morgan fingerprint density at radius 1 is 1.47 bits per heavy atom. The summed E-state index contributed by atoms with van der Waals surface area (Å²) in [5, 5.41) is 8.45. The van der Waals surface area contributed by atoms with E-state index < -0.39 is 0 Å². The Bertz CT molecular complexity index is 357. The van der Waals surface area contributed by atoms with E-state index in [9.17, 15) is 0 Å². The van der Waals surface area contributed by atoms with Gasteiger partial charge in [0.25, 0.3) is 0 Å². The van der Waals surface area contributed by atoms with Crippen LogP contribution in [0.2, 0.25) is 0 Å². The maximum Gasteiger partial charge on any atom is 0.147 e. The second kappa shape index (κ2) is 3.78. The van der Waals surface area contributed by atoms with Gasteiger partial charge in [0.05, 0.1) is 5.88 Å². The highest BCUT2D eigenvalue weighted by Gasteiger charge is 2.49. The molecule has 0 N–H and O–H groups in total. The quantitative estimate of drug-likeness (QED) is 0.741. The smallest absolute Gasteiger partial charge is 0.147 e. The van der Waals surface area contributed by atoms with Gasteiger partial charge in [0.2, 0.25) is 0 Å². The highest BCUT2D eigenvalue weighted by molar-refractivity contribution is 6.16. The molecule has 1 aliphatic rings. The predicted octanol–water partition coefficient (Wildman–Crippen LogP) is 2.94. The van der Waals surface area contributed by atoms with Crippen molar-refractivity contribution in [1.29, 1.82) is 0 Å². The van der Waals surface area contributed by atoms with Gasteiger partial charge in [-0.25, -0.2) is 0 Å². The molecule has 0 radical (unpaired) electrons. The van der Waals surface area contributed by atoms with Gasteiger partial charge >= 0.3 is 0 Å². The van der Waals surface area contributed by atoms with E-state index in [1.165, 1.54) is 6.42 Å². The summed E-state index contributed by atoms with van der Waals surface area (Å²) in [6.45, 7) is 7.71. The van der Waals surface area contributed by atoms with E-state index in [0.717, 1.165) is 24.6 Å². The van der Waals surface area contributed by atoms with Crippen LogP contribution in [0.15, 0.2) is 0 Å². The van der Waals surface area contributed by atoms with Gasteiger partial charge in [-0.05, 0) is 18.3 Å². The molecular weight excluding hydrogens is 210 g/mol. The van der Waals surface area contributed by atoms with Gasteiger partial charge in [0, 0.05) is 12.5 Å². The Balaban J connectivity index is 2.27. The van der Waals surface area contributed by atoms with Gasteiger partial charge in [-0.15, -0.1) is 21.8 Å².